The Labute approximate surface area is 151 Å². The van der Waals surface area contributed by atoms with Gasteiger partial charge in [-0.25, -0.2) is 4.79 Å². The van der Waals surface area contributed by atoms with Crippen molar-refractivity contribution in [2.24, 2.45) is 0 Å². The van der Waals surface area contributed by atoms with E-state index in [0.29, 0.717) is 10.5 Å². The van der Waals surface area contributed by atoms with Gasteiger partial charge in [-0.1, -0.05) is 24.3 Å². The Bertz CT molecular complexity index is 897. The Morgan fingerprint density at radius 2 is 1.88 bits per heavy atom. The number of hydrogen-bond acceptors (Lipinski definition) is 6. The van der Waals surface area contributed by atoms with Gasteiger partial charge in [0.25, 0.3) is 11.6 Å². The van der Waals surface area contributed by atoms with E-state index in [2.05, 4.69) is 5.32 Å². The van der Waals surface area contributed by atoms with E-state index in [1.165, 1.54) is 30.5 Å². The van der Waals surface area contributed by atoms with Crippen LogP contribution < -0.4 is 5.32 Å². The summed E-state index contributed by atoms with van der Waals surface area (Å²) in [6.07, 6.45) is 1.43. The van der Waals surface area contributed by atoms with Crippen molar-refractivity contribution < 1.29 is 23.5 Å². The van der Waals surface area contributed by atoms with Crippen LogP contribution in [-0.4, -0.2) is 33.9 Å². The SMILES string of the molecule is Cc1cccc([N+](=O)[O-])c1NC(=O)COC(=O)c1ccccc1[S@](C)=O. The molecule has 2 aromatic carbocycles. The highest BCUT2D eigenvalue weighted by atomic mass is 32.2. The van der Waals surface area contributed by atoms with Crippen molar-refractivity contribution in [1.29, 1.82) is 0 Å². The Balaban J connectivity index is 2.08. The molecule has 0 aliphatic heterocycles. The molecule has 1 amide bonds. The Hall–Kier alpha value is -3.07. The standard InChI is InChI=1S/C17H16N2O6S/c1-11-6-5-8-13(19(22)23)16(11)18-15(20)10-25-17(21)12-7-3-4-9-14(12)26(2)24/h3-9H,10H2,1-2H3,(H,18,20)/t26-/m0/s1. The fourth-order valence-corrected chi connectivity index (χ4v) is 2.97. The lowest BCUT2D eigenvalue weighted by Gasteiger charge is -2.10. The summed E-state index contributed by atoms with van der Waals surface area (Å²) >= 11 is 0. The summed E-state index contributed by atoms with van der Waals surface area (Å²) in [5.41, 5.74) is 0.402. The Kier molecular flexibility index (Phi) is 6.18. The van der Waals surface area contributed by atoms with Gasteiger partial charge in [0.1, 0.15) is 5.69 Å². The first-order valence-corrected chi connectivity index (χ1v) is 9.00. The van der Waals surface area contributed by atoms with Gasteiger partial charge >= 0.3 is 5.97 Å². The maximum atomic E-state index is 12.1. The number of nitrogens with one attached hydrogen (secondary N) is 1. The highest BCUT2D eigenvalue weighted by molar-refractivity contribution is 7.84. The number of aryl methyl sites for hydroxylation is 1. The second-order valence-corrected chi connectivity index (χ2v) is 6.65. The number of benzene rings is 2. The number of amides is 1. The topological polar surface area (TPSA) is 116 Å². The molecule has 0 aliphatic rings. The lowest BCUT2D eigenvalue weighted by atomic mass is 10.1. The first-order valence-electron chi connectivity index (χ1n) is 7.44. The number of nitro groups is 1. The molecule has 136 valence electrons. The van der Waals surface area contributed by atoms with Gasteiger partial charge in [-0.2, -0.15) is 0 Å². The molecule has 0 spiro atoms. The van der Waals surface area contributed by atoms with E-state index >= 15 is 0 Å². The first kappa shape index (κ1) is 19.3. The van der Waals surface area contributed by atoms with E-state index in [1.54, 1.807) is 25.1 Å². The minimum atomic E-state index is -1.39. The van der Waals surface area contributed by atoms with Gasteiger partial charge in [-0.15, -0.1) is 0 Å². The molecule has 1 atom stereocenters. The smallest absolute Gasteiger partial charge is 0.339 e. The zero-order valence-corrected chi connectivity index (χ0v) is 14.9. The highest BCUT2D eigenvalue weighted by Crippen LogP contribution is 2.27. The van der Waals surface area contributed by atoms with Gasteiger partial charge in [0, 0.05) is 12.3 Å². The summed E-state index contributed by atoms with van der Waals surface area (Å²) < 4.78 is 16.6. The van der Waals surface area contributed by atoms with E-state index in [4.69, 9.17) is 4.74 Å². The van der Waals surface area contributed by atoms with Crippen LogP contribution >= 0.6 is 0 Å². The van der Waals surface area contributed by atoms with Crippen LogP contribution in [0.15, 0.2) is 47.4 Å². The van der Waals surface area contributed by atoms with Crippen LogP contribution in [0.25, 0.3) is 0 Å². The quantitative estimate of drug-likeness (QED) is 0.470. The first-order chi connectivity index (χ1) is 12.3. The zero-order chi connectivity index (χ0) is 19.3. The van der Waals surface area contributed by atoms with Gasteiger partial charge in [0.05, 0.1) is 26.2 Å². The number of ether oxygens (including phenoxy) is 1. The molecule has 1 N–H and O–H groups in total. The third kappa shape index (κ3) is 4.51. The van der Waals surface area contributed by atoms with Gasteiger partial charge in [-0.3, -0.25) is 19.1 Å². The molecule has 0 aliphatic carbocycles. The summed E-state index contributed by atoms with van der Waals surface area (Å²) in [5.74, 6) is -1.52. The number of esters is 1. The molecule has 8 nitrogen and oxygen atoms in total. The van der Waals surface area contributed by atoms with Crippen molar-refractivity contribution in [2.45, 2.75) is 11.8 Å². The molecule has 0 heterocycles. The van der Waals surface area contributed by atoms with Crippen LogP contribution in [0.5, 0.6) is 0 Å². The third-order valence-corrected chi connectivity index (χ3v) is 4.44. The van der Waals surface area contributed by atoms with Crippen LogP contribution in [0.2, 0.25) is 0 Å². The number of carbonyl (C=O) groups is 2. The predicted molar refractivity (Wildman–Crippen MR) is 95.5 cm³/mol. The molecule has 26 heavy (non-hydrogen) atoms. The largest absolute Gasteiger partial charge is 0.452 e. The van der Waals surface area contributed by atoms with E-state index in [-0.39, 0.29) is 16.9 Å². The second-order valence-electron chi connectivity index (χ2n) is 5.30. The number of nitrogens with zero attached hydrogens (tertiary/aromatic N) is 1. The molecule has 0 saturated carbocycles. The number of anilines is 1. The van der Waals surface area contributed by atoms with E-state index in [9.17, 15) is 23.9 Å². The van der Waals surface area contributed by atoms with Crippen LogP contribution in [0.4, 0.5) is 11.4 Å². The lowest BCUT2D eigenvalue weighted by Crippen LogP contribution is -2.22. The molecular formula is C17H16N2O6S. The van der Waals surface area contributed by atoms with Crippen molar-refractivity contribution in [3.05, 3.63) is 63.7 Å². The van der Waals surface area contributed by atoms with Gasteiger partial charge in [0.2, 0.25) is 0 Å². The summed E-state index contributed by atoms with van der Waals surface area (Å²) in [7, 11) is -1.39. The van der Waals surface area contributed by atoms with Crippen molar-refractivity contribution in [3.63, 3.8) is 0 Å². The Morgan fingerprint density at radius 1 is 1.19 bits per heavy atom. The van der Waals surface area contributed by atoms with Crippen LogP contribution in [-0.2, 0) is 20.3 Å². The second kappa shape index (κ2) is 8.34. The number of nitro benzene ring substituents is 1. The van der Waals surface area contributed by atoms with E-state index in [0.717, 1.165) is 0 Å². The number of hydrogen-bond donors (Lipinski definition) is 1. The minimum Gasteiger partial charge on any atom is -0.452 e. The average Bonchev–Trinajstić information content (AvgIpc) is 2.61. The van der Waals surface area contributed by atoms with Crippen molar-refractivity contribution >= 4 is 34.1 Å². The summed E-state index contributed by atoms with van der Waals surface area (Å²) in [6, 6.07) is 10.6. The predicted octanol–water partition coefficient (Wildman–Crippen LogP) is 2.44. The van der Waals surface area contributed by atoms with Crippen molar-refractivity contribution in [1.82, 2.24) is 0 Å². The maximum absolute atomic E-state index is 12.1. The van der Waals surface area contributed by atoms with Crippen molar-refractivity contribution in [3.8, 4) is 0 Å². The summed E-state index contributed by atoms with van der Waals surface area (Å²) in [4.78, 5) is 34.9. The molecule has 0 bridgehead atoms. The third-order valence-electron chi connectivity index (χ3n) is 3.46. The van der Waals surface area contributed by atoms with Crippen LogP contribution in [0, 0.1) is 17.0 Å². The normalized spacial score (nSPS) is 11.5. The number of carbonyl (C=O) groups excluding carboxylic acids is 2. The zero-order valence-electron chi connectivity index (χ0n) is 14.1. The Morgan fingerprint density at radius 3 is 2.54 bits per heavy atom. The molecule has 0 aromatic heterocycles. The average molecular weight is 376 g/mol. The van der Waals surface area contributed by atoms with Crippen molar-refractivity contribution in [2.75, 3.05) is 18.2 Å². The fraction of sp³-hybridized carbons (Fsp3) is 0.176. The summed E-state index contributed by atoms with van der Waals surface area (Å²) in [6.45, 7) is 0.983. The monoisotopic (exact) mass is 376 g/mol. The van der Waals surface area contributed by atoms with Gasteiger partial charge < -0.3 is 10.1 Å². The maximum Gasteiger partial charge on any atom is 0.339 e. The van der Waals surface area contributed by atoms with Gasteiger partial charge in [0.15, 0.2) is 6.61 Å². The molecular weight excluding hydrogens is 360 g/mol. The van der Waals surface area contributed by atoms with Gasteiger partial charge in [-0.05, 0) is 24.6 Å². The number of rotatable bonds is 6. The molecule has 2 rings (SSSR count). The van der Waals surface area contributed by atoms with Crippen LogP contribution in [0.1, 0.15) is 15.9 Å². The van der Waals surface area contributed by atoms with E-state index < -0.39 is 34.2 Å². The number of para-hydroxylation sites is 1. The minimum absolute atomic E-state index is 0.0496. The molecule has 9 heteroatoms. The summed E-state index contributed by atoms with van der Waals surface area (Å²) in [5, 5.41) is 13.4. The fourth-order valence-electron chi connectivity index (χ4n) is 2.24. The highest BCUT2D eigenvalue weighted by Gasteiger charge is 2.20. The van der Waals surface area contributed by atoms with E-state index in [1.807, 2.05) is 0 Å². The van der Waals surface area contributed by atoms with Crippen LogP contribution in [0.3, 0.4) is 0 Å². The molecule has 0 radical (unpaired) electrons. The lowest BCUT2D eigenvalue weighted by molar-refractivity contribution is -0.384. The molecule has 0 fully saturated rings. The molecule has 0 saturated heterocycles. The molecule has 2 aromatic rings. The molecule has 0 unspecified atom stereocenters.